The van der Waals surface area contributed by atoms with E-state index in [1.54, 1.807) is 20.8 Å². The molecule has 1 rings (SSSR count). The van der Waals surface area contributed by atoms with E-state index in [9.17, 15) is 18.0 Å². The van der Waals surface area contributed by atoms with Crippen LogP contribution < -0.4 is 5.32 Å². The summed E-state index contributed by atoms with van der Waals surface area (Å²) in [7, 11) is 0. The summed E-state index contributed by atoms with van der Waals surface area (Å²) >= 11 is 0. The number of benzene rings is 1. The first-order valence-electron chi connectivity index (χ1n) is 6.63. The molecule has 0 bridgehead atoms. The molecule has 0 unspecified atom stereocenters. The Bertz CT molecular complexity index is 605. The Hall–Kier alpha value is -2.16. The summed E-state index contributed by atoms with van der Waals surface area (Å²) < 4.78 is 43.3. The van der Waals surface area contributed by atoms with Gasteiger partial charge in [0.25, 0.3) is 0 Å². The van der Waals surface area contributed by atoms with E-state index >= 15 is 0 Å². The molecule has 1 aromatic carbocycles. The van der Waals surface area contributed by atoms with Gasteiger partial charge in [-0.05, 0) is 45.4 Å². The Morgan fingerprint density at radius 3 is 2.45 bits per heavy atom. The van der Waals surface area contributed by atoms with Crippen molar-refractivity contribution in [3.8, 4) is 11.8 Å². The number of alkyl halides is 3. The summed E-state index contributed by atoms with van der Waals surface area (Å²) in [5.74, 6) is 5.23. The van der Waals surface area contributed by atoms with Crippen LogP contribution in [0, 0.1) is 18.8 Å². The first-order valence-corrected chi connectivity index (χ1v) is 6.63. The molecule has 1 amide bonds. The van der Waals surface area contributed by atoms with E-state index in [2.05, 4.69) is 17.2 Å². The van der Waals surface area contributed by atoms with Gasteiger partial charge in [0.2, 0.25) is 0 Å². The van der Waals surface area contributed by atoms with Crippen LogP contribution in [0.1, 0.15) is 37.5 Å². The molecule has 0 saturated carbocycles. The van der Waals surface area contributed by atoms with Gasteiger partial charge in [0.15, 0.2) is 0 Å². The van der Waals surface area contributed by atoms with Gasteiger partial charge in [-0.25, -0.2) is 4.79 Å². The molecule has 0 spiro atoms. The lowest BCUT2D eigenvalue weighted by molar-refractivity contribution is -0.138. The monoisotopic (exact) mass is 313 g/mol. The molecule has 22 heavy (non-hydrogen) atoms. The first-order chi connectivity index (χ1) is 10.0. The predicted molar refractivity (Wildman–Crippen MR) is 77.3 cm³/mol. The standard InChI is InChI=1S/C16H18F3NO2/c1-11-12(7-5-9-13(11)16(17,18)19)8-6-10-20-14(21)22-15(2,3)4/h5,7,9H,10H2,1-4H3,(H,20,21). The number of hydrogen-bond donors (Lipinski definition) is 1. The summed E-state index contributed by atoms with van der Waals surface area (Å²) in [6.45, 7) is 6.54. The number of ether oxygens (including phenoxy) is 1. The SMILES string of the molecule is Cc1c(C#CCNC(=O)OC(C)(C)C)cccc1C(F)(F)F. The highest BCUT2D eigenvalue weighted by molar-refractivity contribution is 5.68. The minimum atomic E-state index is -4.41. The molecule has 0 heterocycles. The first kappa shape index (κ1) is 17.9. The van der Waals surface area contributed by atoms with Gasteiger partial charge in [-0.1, -0.05) is 17.9 Å². The zero-order valence-electron chi connectivity index (χ0n) is 12.9. The summed E-state index contributed by atoms with van der Waals surface area (Å²) in [4.78, 5) is 11.4. The van der Waals surface area contributed by atoms with Crippen molar-refractivity contribution >= 4 is 6.09 Å². The average Bonchev–Trinajstić information content (AvgIpc) is 2.32. The Balaban J connectivity index is 2.72. The normalized spacial score (nSPS) is 11.4. The Labute approximate surface area is 127 Å². The van der Waals surface area contributed by atoms with Crippen LogP contribution in [0.3, 0.4) is 0 Å². The third kappa shape index (κ3) is 5.68. The second-order valence-corrected chi connectivity index (χ2v) is 5.63. The zero-order valence-corrected chi connectivity index (χ0v) is 12.9. The van der Waals surface area contributed by atoms with E-state index in [0.717, 1.165) is 6.07 Å². The van der Waals surface area contributed by atoms with E-state index in [-0.39, 0.29) is 17.7 Å². The van der Waals surface area contributed by atoms with Crippen molar-refractivity contribution in [2.45, 2.75) is 39.5 Å². The van der Waals surface area contributed by atoms with Gasteiger partial charge in [-0.3, -0.25) is 0 Å². The number of carbonyl (C=O) groups is 1. The molecule has 0 atom stereocenters. The van der Waals surface area contributed by atoms with E-state index in [0.29, 0.717) is 0 Å². The van der Waals surface area contributed by atoms with Gasteiger partial charge in [-0.15, -0.1) is 0 Å². The molecule has 0 aliphatic carbocycles. The van der Waals surface area contributed by atoms with Crippen molar-refractivity contribution in [3.05, 3.63) is 34.9 Å². The van der Waals surface area contributed by atoms with Crippen molar-refractivity contribution in [3.63, 3.8) is 0 Å². The van der Waals surface area contributed by atoms with Crippen molar-refractivity contribution in [2.24, 2.45) is 0 Å². The maximum atomic E-state index is 12.8. The molecule has 0 radical (unpaired) electrons. The molecule has 3 nitrogen and oxygen atoms in total. The van der Waals surface area contributed by atoms with E-state index < -0.39 is 23.4 Å². The van der Waals surface area contributed by atoms with Gasteiger partial charge in [-0.2, -0.15) is 13.2 Å². The van der Waals surface area contributed by atoms with Crippen LogP contribution in [0.5, 0.6) is 0 Å². The van der Waals surface area contributed by atoms with Crippen molar-refractivity contribution in [1.29, 1.82) is 0 Å². The third-order valence-electron chi connectivity index (χ3n) is 2.58. The van der Waals surface area contributed by atoms with E-state index in [1.807, 2.05) is 0 Å². The summed E-state index contributed by atoms with van der Waals surface area (Å²) in [6, 6.07) is 3.83. The van der Waals surface area contributed by atoms with Crippen LogP contribution in [-0.4, -0.2) is 18.2 Å². The molecular formula is C16H18F3NO2. The molecule has 1 N–H and O–H groups in total. The highest BCUT2D eigenvalue weighted by Gasteiger charge is 2.32. The number of nitrogens with one attached hydrogen (secondary N) is 1. The minimum Gasteiger partial charge on any atom is -0.444 e. The molecule has 0 saturated heterocycles. The second-order valence-electron chi connectivity index (χ2n) is 5.63. The van der Waals surface area contributed by atoms with Crippen molar-refractivity contribution in [2.75, 3.05) is 6.54 Å². The third-order valence-corrected chi connectivity index (χ3v) is 2.58. The lowest BCUT2D eigenvalue weighted by Gasteiger charge is -2.19. The molecule has 0 aliphatic rings. The lowest BCUT2D eigenvalue weighted by atomic mass is 10.0. The molecule has 1 aromatic rings. The van der Waals surface area contributed by atoms with E-state index in [1.165, 1.54) is 19.1 Å². The molecule has 0 fully saturated rings. The Morgan fingerprint density at radius 1 is 1.27 bits per heavy atom. The molecule has 0 aromatic heterocycles. The number of halogens is 3. The summed E-state index contributed by atoms with van der Waals surface area (Å²) in [5.41, 5.74) is -0.977. The van der Waals surface area contributed by atoms with Crippen LogP contribution in [0.25, 0.3) is 0 Å². The zero-order chi connectivity index (χ0) is 17.0. The number of amides is 1. The molecular weight excluding hydrogens is 295 g/mol. The fourth-order valence-corrected chi connectivity index (χ4v) is 1.65. The topological polar surface area (TPSA) is 38.3 Å². The van der Waals surface area contributed by atoms with Crippen LogP contribution in [0.4, 0.5) is 18.0 Å². The maximum Gasteiger partial charge on any atom is 0.416 e. The van der Waals surface area contributed by atoms with E-state index in [4.69, 9.17) is 4.74 Å². The molecule has 120 valence electrons. The smallest absolute Gasteiger partial charge is 0.416 e. The molecule has 0 aliphatic heterocycles. The Kier molecular flexibility index (Phi) is 5.48. The van der Waals surface area contributed by atoms with Crippen LogP contribution in [0.2, 0.25) is 0 Å². The second kappa shape index (κ2) is 6.73. The van der Waals surface area contributed by atoms with Gasteiger partial charge in [0, 0.05) is 5.56 Å². The van der Waals surface area contributed by atoms with Gasteiger partial charge < -0.3 is 10.1 Å². The number of hydrogen-bond acceptors (Lipinski definition) is 2. The summed E-state index contributed by atoms with van der Waals surface area (Å²) in [6.07, 6.45) is -5.03. The maximum absolute atomic E-state index is 12.8. The van der Waals surface area contributed by atoms with Crippen LogP contribution in [0.15, 0.2) is 18.2 Å². The molecule has 6 heteroatoms. The fraction of sp³-hybridized carbons (Fsp3) is 0.438. The quantitative estimate of drug-likeness (QED) is 0.799. The highest BCUT2D eigenvalue weighted by atomic mass is 19.4. The van der Waals surface area contributed by atoms with Crippen molar-refractivity contribution in [1.82, 2.24) is 5.32 Å². The minimum absolute atomic E-state index is 0.00933. The largest absolute Gasteiger partial charge is 0.444 e. The van der Waals surface area contributed by atoms with Gasteiger partial charge >= 0.3 is 12.3 Å². The number of alkyl carbamates (subject to hydrolysis) is 1. The van der Waals surface area contributed by atoms with Gasteiger partial charge in [0.1, 0.15) is 5.60 Å². The van der Waals surface area contributed by atoms with Crippen LogP contribution >= 0.6 is 0 Å². The van der Waals surface area contributed by atoms with Crippen molar-refractivity contribution < 1.29 is 22.7 Å². The lowest BCUT2D eigenvalue weighted by Crippen LogP contribution is -2.32. The number of carbonyl (C=O) groups excluding carboxylic acids is 1. The Morgan fingerprint density at radius 2 is 1.91 bits per heavy atom. The average molecular weight is 313 g/mol. The number of rotatable bonds is 1. The predicted octanol–water partition coefficient (Wildman–Crippen LogP) is 3.89. The highest BCUT2D eigenvalue weighted by Crippen LogP contribution is 2.32. The summed E-state index contributed by atoms with van der Waals surface area (Å²) in [5, 5.41) is 2.42. The van der Waals surface area contributed by atoms with Gasteiger partial charge in [0.05, 0.1) is 12.1 Å². The van der Waals surface area contributed by atoms with Crippen LogP contribution in [-0.2, 0) is 10.9 Å². The fourth-order valence-electron chi connectivity index (χ4n) is 1.65.